The fourth-order valence-electron chi connectivity index (χ4n) is 6.00. The van der Waals surface area contributed by atoms with Gasteiger partial charge in [0.05, 0.1) is 7.11 Å². The van der Waals surface area contributed by atoms with Gasteiger partial charge in [-0.15, -0.1) is 0 Å². The van der Waals surface area contributed by atoms with Gasteiger partial charge in [-0.25, -0.2) is 0 Å². The fourth-order valence-corrected chi connectivity index (χ4v) is 6.00. The third-order valence-electron chi connectivity index (χ3n) is 7.93. The molecular weight excluding hydrogens is 390 g/mol. The van der Waals surface area contributed by atoms with E-state index in [-0.39, 0.29) is 0 Å². The molecule has 2 aliphatic carbocycles. The Morgan fingerprint density at radius 1 is 0.750 bits per heavy atom. The van der Waals surface area contributed by atoms with Crippen LogP contribution in [0.4, 0.5) is 5.69 Å². The summed E-state index contributed by atoms with van der Waals surface area (Å²) in [4.78, 5) is 0. The molecule has 168 valence electrons. The molecule has 2 bridgehead atoms. The van der Waals surface area contributed by atoms with E-state index in [9.17, 15) is 0 Å². The SMILES string of the molecule is COc1ccccc1[N+]1=C2CC(CCCCCCCCC3CC3C2)C(c2ccccc2)=C1. The number of rotatable bonds is 3. The van der Waals surface area contributed by atoms with E-state index in [0.29, 0.717) is 5.92 Å². The number of ether oxygens (including phenoxy) is 1. The predicted molar refractivity (Wildman–Crippen MR) is 134 cm³/mol. The van der Waals surface area contributed by atoms with Crippen LogP contribution in [0.2, 0.25) is 0 Å². The molecule has 32 heavy (non-hydrogen) atoms. The first kappa shape index (κ1) is 21.5. The fraction of sp³-hybridized carbons (Fsp3) is 0.500. The first-order valence-electron chi connectivity index (χ1n) is 12.9. The number of hydrogen-bond donors (Lipinski definition) is 0. The average Bonchev–Trinajstić information content (AvgIpc) is 3.58. The molecule has 2 fully saturated rings. The third kappa shape index (κ3) is 4.85. The van der Waals surface area contributed by atoms with Crippen molar-refractivity contribution in [2.24, 2.45) is 17.8 Å². The lowest BCUT2D eigenvalue weighted by Crippen LogP contribution is -2.24. The Labute approximate surface area is 194 Å². The zero-order valence-electron chi connectivity index (χ0n) is 19.6. The minimum Gasteiger partial charge on any atom is -0.490 e. The molecule has 5 rings (SSSR count). The molecule has 3 aliphatic rings. The maximum absolute atomic E-state index is 5.80. The molecular formula is C30H38NO+. The van der Waals surface area contributed by atoms with Gasteiger partial charge in [0.1, 0.15) is 0 Å². The quantitative estimate of drug-likeness (QED) is 0.451. The van der Waals surface area contributed by atoms with Crippen molar-refractivity contribution in [2.45, 2.75) is 70.6 Å². The molecule has 1 heterocycles. The van der Waals surface area contributed by atoms with E-state index < -0.39 is 0 Å². The molecule has 2 aromatic rings. The highest BCUT2D eigenvalue weighted by Gasteiger charge is 2.41. The van der Waals surface area contributed by atoms with Crippen molar-refractivity contribution >= 4 is 17.0 Å². The lowest BCUT2D eigenvalue weighted by molar-refractivity contribution is -0.366. The summed E-state index contributed by atoms with van der Waals surface area (Å²) in [5, 5.41) is 0. The first-order valence-corrected chi connectivity index (χ1v) is 12.9. The van der Waals surface area contributed by atoms with Crippen LogP contribution in [0, 0.1) is 17.8 Å². The number of benzene rings is 2. The number of allylic oxidation sites excluding steroid dienone is 1. The van der Waals surface area contributed by atoms with E-state index in [1.54, 1.807) is 12.8 Å². The minimum atomic E-state index is 0.624. The Balaban J connectivity index is 1.56. The summed E-state index contributed by atoms with van der Waals surface area (Å²) in [6, 6.07) is 19.6. The molecule has 0 N–H and O–H groups in total. The van der Waals surface area contributed by atoms with Gasteiger partial charge in [-0.1, -0.05) is 87.4 Å². The van der Waals surface area contributed by atoms with Crippen molar-refractivity contribution in [3.63, 3.8) is 0 Å². The van der Waals surface area contributed by atoms with Crippen LogP contribution in [0.1, 0.15) is 76.2 Å². The van der Waals surface area contributed by atoms with Gasteiger partial charge in [0.15, 0.2) is 17.7 Å². The Bertz CT molecular complexity index is 973. The number of para-hydroxylation sites is 2. The molecule has 0 aromatic heterocycles. The Morgan fingerprint density at radius 2 is 1.47 bits per heavy atom. The molecule has 0 radical (unpaired) electrons. The second-order valence-corrected chi connectivity index (χ2v) is 10.1. The predicted octanol–water partition coefficient (Wildman–Crippen LogP) is 8.00. The highest BCUT2D eigenvalue weighted by molar-refractivity contribution is 5.87. The van der Waals surface area contributed by atoms with Crippen molar-refractivity contribution in [2.75, 3.05) is 7.11 Å². The number of methoxy groups -OCH3 is 1. The van der Waals surface area contributed by atoms with Crippen molar-refractivity contribution in [1.82, 2.24) is 0 Å². The summed E-state index contributed by atoms with van der Waals surface area (Å²) in [5.74, 6) is 3.44. The maximum atomic E-state index is 5.80. The lowest BCUT2D eigenvalue weighted by atomic mass is 9.82. The molecule has 2 heteroatoms. The van der Waals surface area contributed by atoms with E-state index in [1.807, 2.05) is 0 Å². The van der Waals surface area contributed by atoms with Crippen LogP contribution in [0.5, 0.6) is 5.75 Å². The highest BCUT2D eigenvalue weighted by Crippen LogP contribution is 2.47. The van der Waals surface area contributed by atoms with E-state index in [4.69, 9.17) is 4.74 Å². The molecule has 0 amide bonds. The summed E-state index contributed by atoms with van der Waals surface area (Å²) in [6.07, 6.45) is 17.5. The van der Waals surface area contributed by atoms with Crippen LogP contribution in [-0.4, -0.2) is 17.4 Å². The Hall–Kier alpha value is -2.35. The van der Waals surface area contributed by atoms with Crippen LogP contribution < -0.4 is 4.74 Å². The van der Waals surface area contributed by atoms with Gasteiger partial charge >= 0.3 is 0 Å². The molecule has 3 unspecified atom stereocenters. The number of nitrogens with zero attached hydrogens (tertiary/aromatic N) is 1. The maximum Gasteiger partial charge on any atom is 0.252 e. The van der Waals surface area contributed by atoms with Crippen LogP contribution in [0.3, 0.4) is 0 Å². The Kier molecular flexibility index (Phi) is 6.76. The van der Waals surface area contributed by atoms with Gasteiger partial charge in [-0.05, 0) is 42.2 Å². The third-order valence-corrected chi connectivity index (χ3v) is 7.93. The summed E-state index contributed by atoms with van der Waals surface area (Å²) < 4.78 is 8.30. The molecule has 2 saturated carbocycles. The topological polar surface area (TPSA) is 12.2 Å². The number of hydrogen-bond acceptors (Lipinski definition) is 1. The highest BCUT2D eigenvalue weighted by atomic mass is 16.5. The van der Waals surface area contributed by atoms with E-state index in [1.165, 1.54) is 87.5 Å². The van der Waals surface area contributed by atoms with E-state index in [2.05, 4.69) is 65.4 Å². The second kappa shape index (κ2) is 10.1. The van der Waals surface area contributed by atoms with Gasteiger partial charge in [0.25, 0.3) is 5.69 Å². The van der Waals surface area contributed by atoms with Gasteiger partial charge in [-0.3, -0.25) is 0 Å². The lowest BCUT2D eigenvalue weighted by Gasteiger charge is -2.25. The van der Waals surface area contributed by atoms with E-state index in [0.717, 1.165) is 17.6 Å². The molecule has 2 aromatic carbocycles. The smallest absolute Gasteiger partial charge is 0.252 e. The van der Waals surface area contributed by atoms with Crippen LogP contribution in [0.25, 0.3) is 5.57 Å². The first-order chi connectivity index (χ1) is 15.8. The van der Waals surface area contributed by atoms with Gasteiger partial charge in [0, 0.05) is 24.5 Å². The number of fused-ring (bicyclic) bond motifs is 3. The van der Waals surface area contributed by atoms with E-state index >= 15 is 0 Å². The normalized spacial score (nSPS) is 26.5. The van der Waals surface area contributed by atoms with Crippen molar-refractivity contribution in [1.29, 1.82) is 0 Å². The minimum absolute atomic E-state index is 0.624. The van der Waals surface area contributed by atoms with Crippen LogP contribution >= 0.6 is 0 Å². The summed E-state index contributed by atoms with van der Waals surface area (Å²) >= 11 is 0. The van der Waals surface area contributed by atoms with Crippen molar-refractivity contribution < 1.29 is 9.31 Å². The standard InChI is InChI=1S/C30H38NO/c1-32-30-18-12-11-17-29(30)31-22-28(23-13-9-6-10-14-23)25-16-8-5-3-2-4-7-15-24-19-26(24)21-27(31)20-25/h6,9-14,17-18,22,24-26H,2-5,7-8,15-16,19-21H2,1H3/q+1. The monoisotopic (exact) mass is 428 g/mol. The summed E-state index contributed by atoms with van der Waals surface area (Å²) in [6.45, 7) is 0. The summed E-state index contributed by atoms with van der Waals surface area (Å²) in [7, 11) is 1.79. The van der Waals surface area contributed by atoms with Gasteiger partial charge in [0.2, 0.25) is 0 Å². The zero-order chi connectivity index (χ0) is 21.8. The Morgan fingerprint density at radius 3 is 2.28 bits per heavy atom. The van der Waals surface area contributed by atoms with Gasteiger partial charge < -0.3 is 4.74 Å². The molecule has 2 nitrogen and oxygen atoms in total. The van der Waals surface area contributed by atoms with Gasteiger partial charge in [-0.2, -0.15) is 4.58 Å². The van der Waals surface area contributed by atoms with Crippen LogP contribution in [-0.2, 0) is 0 Å². The largest absolute Gasteiger partial charge is 0.490 e. The average molecular weight is 429 g/mol. The molecule has 0 spiro atoms. The molecule has 0 saturated heterocycles. The zero-order valence-corrected chi connectivity index (χ0v) is 19.6. The molecule has 3 atom stereocenters. The van der Waals surface area contributed by atoms with Crippen LogP contribution in [0.15, 0.2) is 60.8 Å². The molecule has 1 aliphatic heterocycles. The van der Waals surface area contributed by atoms with Crippen molar-refractivity contribution in [3.05, 3.63) is 66.4 Å². The van der Waals surface area contributed by atoms with Crippen molar-refractivity contribution in [3.8, 4) is 5.75 Å². The second-order valence-electron chi connectivity index (χ2n) is 10.1. The summed E-state index contributed by atoms with van der Waals surface area (Å²) in [5.41, 5.74) is 5.67.